The van der Waals surface area contributed by atoms with Gasteiger partial charge in [-0.15, -0.1) is 0 Å². The van der Waals surface area contributed by atoms with Gasteiger partial charge in [-0.2, -0.15) is 5.10 Å². The topological polar surface area (TPSA) is 29.9 Å². The number of rotatable bonds is 5. The molecule has 1 aromatic carbocycles. The fourth-order valence-electron chi connectivity index (χ4n) is 2.55. The molecule has 0 fully saturated rings. The van der Waals surface area contributed by atoms with Crippen molar-refractivity contribution in [3.05, 3.63) is 52.8 Å². The molecule has 1 aromatic heterocycles. The summed E-state index contributed by atoms with van der Waals surface area (Å²) in [6, 6.07) is 6.71. The minimum absolute atomic E-state index is 0.231. The molecule has 0 radical (unpaired) electrons. The summed E-state index contributed by atoms with van der Waals surface area (Å²) >= 11 is 0. The zero-order valence-electron chi connectivity index (χ0n) is 12.3. The van der Waals surface area contributed by atoms with Crippen molar-refractivity contribution < 1.29 is 0 Å². The van der Waals surface area contributed by atoms with E-state index in [9.17, 15) is 0 Å². The third-order valence-corrected chi connectivity index (χ3v) is 3.49. The first kappa shape index (κ1) is 13.8. The van der Waals surface area contributed by atoms with Crippen LogP contribution in [0.15, 0.2) is 30.6 Å². The summed E-state index contributed by atoms with van der Waals surface area (Å²) in [7, 11) is 1.96. The largest absolute Gasteiger partial charge is 0.306 e. The van der Waals surface area contributed by atoms with E-state index in [1.807, 2.05) is 17.9 Å². The summed E-state index contributed by atoms with van der Waals surface area (Å²) in [6.07, 6.45) is 5.18. The molecule has 0 aliphatic heterocycles. The predicted molar refractivity (Wildman–Crippen MR) is 79.3 cm³/mol. The van der Waals surface area contributed by atoms with Crippen LogP contribution >= 0.6 is 0 Å². The van der Waals surface area contributed by atoms with E-state index in [4.69, 9.17) is 0 Å². The van der Waals surface area contributed by atoms with Gasteiger partial charge in [-0.1, -0.05) is 25.1 Å². The number of hydrogen-bond donors (Lipinski definition) is 1. The van der Waals surface area contributed by atoms with Gasteiger partial charge >= 0.3 is 0 Å². The summed E-state index contributed by atoms with van der Waals surface area (Å²) in [4.78, 5) is 0. The van der Waals surface area contributed by atoms with Crippen molar-refractivity contribution in [2.45, 2.75) is 33.2 Å². The molecule has 0 saturated heterocycles. The lowest BCUT2D eigenvalue weighted by atomic mass is 9.92. The van der Waals surface area contributed by atoms with Crippen LogP contribution in [0.5, 0.6) is 0 Å². The van der Waals surface area contributed by atoms with E-state index in [0.29, 0.717) is 0 Å². The van der Waals surface area contributed by atoms with Crippen LogP contribution in [0.4, 0.5) is 0 Å². The zero-order chi connectivity index (χ0) is 13.8. The highest BCUT2D eigenvalue weighted by Crippen LogP contribution is 2.27. The van der Waals surface area contributed by atoms with E-state index >= 15 is 0 Å². The molecule has 0 saturated carbocycles. The molecule has 2 rings (SSSR count). The maximum absolute atomic E-state index is 4.31. The van der Waals surface area contributed by atoms with Crippen molar-refractivity contribution in [3.63, 3.8) is 0 Å². The third-order valence-electron chi connectivity index (χ3n) is 3.49. The Hall–Kier alpha value is -1.61. The first-order valence-electron chi connectivity index (χ1n) is 6.91. The lowest BCUT2D eigenvalue weighted by molar-refractivity contribution is 0.593. The fourth-order valence-corrected chi connectivity index (χ4v) is 2.55. The maximum atomic E-state index is 4.31. The van der Waals surface area contributed by atoms with Crippen LogP contribution in [-0.4, -0.2) is 16.3 Å². The van der Waals surface area contributed by atoms with Crippen molar-refractivity contribution in [1.82, 2.24) is 15.1 Å². The van der Waals surface area contributed by atoms with Gasteiger partial charge in [-0.3, -0.25) is 4.68 Å². The monoisotopic (exact) mass is 257 g/mol. The number of aromatic nitrogens is 2. The Labute approximate surface area is 115 Å². The molecule has 0 bridgehead atoms. The van der Waals surface area contributed by atoms with Gasteiger partial charge < -0.3 is 5.32 Å². The minimum Gasteiger partial charge on any atom is -0.306 e. The molecule has 102 valence electrons. The molecule has 0 amide bonds. The fraction of sp³-hybridized carbons (Fsp3) is 0.438. The second kappa shape index (κ2) is 6.02. The van der Waals surface area contributed by atoms with Crippen LogP contribution in [0.25, 0.3) is 0 Å². The molecule has 3 nitrogen and oxygen atoms in total. The molecular formula is C16H23N3. The molecule has 0 aliphatic carbocycles. The molecule has 0 aliphatic rings. The van der Waals surface area contributed by atoms with Gasteiger partial charge in [-0.05, 0) is 43.5 Å². The van der Waals surface area contributed by atoms with Crippen LogP contribution < -0.4 is 5.32 Å². The quantitative estimate of drug-likeness (QED) is 0.892. The molecule has 1 atom stereocenters. The molecule has 0 spiro atoms. The highest BCUT2D eigenvalue weighted by atomic mass is 15.2. The summed E-state index contributed by atoms with van der Waals surface area (Å²) in [5.41, 5.74) is 5.27. The molecule has 1 heterocycles. The van der Waals surface area contributed by atoms with Gasteiger partial charge in [0.1, 0.15) is 0 Å². The van der Waals surface area contributed by atoms with Gasteiger partial charge in [-0.25, -0.2) is 0 Å². The summed E-state index contributed by atoms with van der Waals surface area (Å²) in [5.74, 6) is 0. The molecule has 19 heavy (non-hydrogen) atoms. The van der Waals surface area contributed by atoms with Crippen LogP contribution in [0.1, 0.15) is 41.6 Å². The number of aryl methyl sites for hydroxylation is 3. The summed E-state index contributed by atoms with van der Waals surface area (Å²) < 4.78 is 1.86. The minimum atomic E-state index is 0.231. The second-order valence-electron chi connectivity index (χ2n) is 5.14. The Morgan fingerprint density at radius 1 is 1.26 bits per heavy atom. The zero-order valence-corrected chi connectivity index (χ0v) is 12.3. The van der Waals surface area contributed by atoms with Gasteiger partial charge in [0.25, 0.3) is 0 Å². The average Bonchev–Trinajstić information content (AvgIpc) is 2.79. The summed E-state index contributed by atoms with van der Waals surface area (Å²) in [6.45, 7) is 7.56. The van der Waals surface area contributed by atoms with Gasteiger partial charge in [0.2, 0.25) is 0 Å². The van der Waals surface area contributed by atoms with Gasteiger partial charge in [0.05, 0.1) is 12.2 Å². The summed E-state index contributed by atoms with van der Waals surface area (Å²) in [5, 5.41) is 7.95. The van der Waals surface area contributed by atoms with Crippen LogP contribution in [0, 0.1) is 13.8 Å². The van der Waals surface area contributed by atoms with Gasteiger partial charge in [0, 0.05) is 18.8 Å². The average molecular weight is 257 g/mol. The maximum Gasteiger partial charge on any atom is 0.0613 e. The van der Waals surface area contributed by atoms with E-state index in [2.05, 4.69) is 55.6 Å². The van der Waals surface area contributed by atoms with Crippen LogP contribution in [0.3, 0.4) is 0 Å². The second-order valence-corrected chi connectivity index (χ2v) is 5.14. The standard InChI is InChI=1S/C16H23N3/c1-5-9-17-16(14-10-18-19(4)11-14)15-12(2)7-6-8-13(15)3/h6-8,10-11,16-17H,5,9H2,1-4H3. The lowest BCUT2D eigenvalue weighted by Gasteiger charge is -2.22. The van der Waals surface area contributed by atoms with E-state index < -0.39 is 0 Å². The van der Waals surface area contributed by atoms with E-state index in [1.165, 1.54) is 22.3 Å². The lowest BCUT2D eigenvalue weighted by Crippen LogP contribution is -2.24. The normalized spacial score (nSPS) is 12.6. The van der Waals surface area contributed by atoms with Crippen molar-refractivity contribution in [3.8, 4) is 0 Å². The van der Waals surface area contributed by atoms with E-state index in [1.54, 1.807) is 0 Å². The van der Waals surface area contributed by atoms with Crippen LogP contribution in [-0.2, 0) is 7.05 Å². The van der Waals surface area contributed by atoms with Crippen molar-refractivity contribution in [2.24, 2.45) is 7.05 Å². The molecule has 3 heteroatoms. The number of benzene rings is 1. The SMILES string of the molecule is CCCNC(c1cnn(C)c1)c1c(C)cccc1C. The van der Waals surface area contributed by atoms with Crippen LogP contribution in [0.2, 0.25) is 0 Å². The third kappa shape index (κ3) is 3.04. The Bertz CT molecular complexity index is 522. The first-order valence-corrected chi connectivity index (χ1v) is 6.91. The number of nitrogens with zero attached hydrogens (tertiary/aromatic N) is 2. The Morgan fingerprint density at radius 3 is 2.47 bits per heavy atom. The van der Waals surface area contributed by atoms with Crippen molar-refractivity contribution in [2.75, 3.05) is 6.54 Å². The smallest absolute Gasteiger partial charge is 0.0613 e. The molecule has 1 unspecified atom stereocenters. The van der Waals surface area contributed by atoms with E-state index in [-0.39, 0.29) is 6.04 Å². The number of nitrogens with one attached hydrogen (secondary N) is 1. The highest BCUT2D eigenvalue weighted by Gasteiger charge is 2.18. The van der Waals surface area contributed by atoms with E-state index in [0.717, 1.165) is 13.0 Å². The molecule has 2 aromatic rings. The van der Waals surface area contributed by atoms with Crippen molar-refractivity contribution in [1.29, 1.82) is 0 Å². The number of hydrogen-bond acceptors (Lipinski definition) is 2. The first-order chi connectivity index (χ1) is 9.13. The predicted octanol–water partition coefficient (Wildman–Crippen LogP) is 3.13. The van der Waals surface area contributed by atoms with Crippen molar-refractivity contribution >= 4 is 0 Å². The molecule has 1 N–H and O–H groups in total. The Morgan fingerprint density at radius 2 is 1.95 bits per heavy atom. The Kier molecular flexibility index (Phi) is 4.38. The molecular weight excluding hydrogens is 234 g/mol. The van der Waals surface area contributed by atoms with Gasteiger partial charge in [0.15, 0.2) is 0 Å². The highest BCUT2D eigenvalue weighted by molar-refractivity contribution is 5.40. The Balaban J connectivity index is 2.42.